The summed E-state index contributed by atoms with van der Waals surface area (Å²) in [5.74, 6) is 0. The molecule has 1 saturated heterocycles. The number of allylic oxidation sites excluding steroid dienone is 2. The minimum Gasteiger partial charge on any atom is -0.445 e. The van der Waals surface area contributed by atoms with Gasteiger partial charge in [0.2, 0.25) is 0 Å². The second-order valence-electron chi connectivity index (χ2n) is 6.73. The Bertz CT molecular complexity index is 562. The number of halogens is 1. The monoisotopic (exact) mass is 377 g/mol. The number of benzene rings is 1. The van der Waals surface area contributed by atoms with Gasteiger partial charge in [-0.25, -0.2) is 4.79 Å². The van der Waals surface area contributed by atoms with Gasteiger partial charge < -0.3 is 9.64 Å². The van der Waals surface area contributed by atoms with Crippen molar-refractivity contribution in [3.63, 3.8) is 0 Å². The van der Waals surface area contributed by atoms with Crippen molar-refractivity contribution in [3.8, 4) is 0 Å². The van der Waals surface area contributed by atoms with Crippen molar-refractivity contribution in [2.45, 2.75) is 38.7 Å². The van der Waals surface area contributed by atoms with E-state index in [1.54, 1.807) is 0 Å². The molecule has 1 aromatic rings. The number of nitrogens with zero attached hydrogens (tertiary/aromatic N) is 1. The second kappa shape index (κ2) is 7.52. The lowest BCUT2D eigenvalue weighted by Gasteiger charge is -2.43. The van der Waals surface area contributed by atoms with Crippen molar-refractivity contribution in [2.75, 3.05) is 18.4 Å². The molecule has 0 saturated carbocycles. The van der Waals surface area contributed by atoms with Crippen molar-refractivity contribution in [1.82, 2.24) is 4.90 Å². The number of amides is 1. The summed E-state index contributed by atoms with van der Waals surface area (Å²) in [6.07, 6.45) is 8.05. The summed E-state index contributed by atoms with van der Waals surface area (Å²) >= 11 is 3.55. The maximum Gasteiger partial charge on any atom is 0.410 e. The molecular weight excluding hydrogens is 354 g/mol. The van der Waals surface area contributed by atoms with Crippen LogP contribution in [0, 0.1) is 5.41 Å². The van der Waals surface area contributed by atoms with Crippen LogP contribution in [0.2, 0.25) is 0 Å². The minimum atomic E-state index is -0.170. The van der Waals surface area contributed by atoms with E-state index in [0.29, 0.717) is 12.0 Å². The van der Waals surface area contributed by atoms with Gasteiger partial charge in [0.15, 0.2) is 0 Å². The van der Waals surface area contributed by atoms with Crippen LogP contribution >= 0.6 is 15.9 Å². The highest BCUT2D eigenvalue weighted by Gasteiger charge is 2.36. The summed E-state index contributed by atoms with van der Waals surface area (Å²) < 4.78 is 5.45. The Morgan fingerprint density at radius 3 is 2.52 bits per heavy atom. The van der Waals surface area contributed by atoms with Gasteiger partial charge in [-0.15, -0.1) is 0 Å². The first-order valence-electron chi connectivity index (χ1n) is 8.40. The quantitative estimate of drug-likeness (QED) is 0.553. The zero-order valence-electron chi connectivity index (χ0n) is 13.5. The van der Waals surface area contributed by atoms with Crippen LogP contribution in [0.15, 0.2) is 42.0 Å². The van der Waals surface area contributed by atoms with Crippen LogP contribution < -0.4 is 0 Å². The normalized spacial score (nSPS) is 20.2. The summed E-state index contributed by atoms with van der Waals surface area (Å²) in [4.78, 5) is 14.1. The summed E-state index contributed by atoms with van der Waals surface area (Å²) in [6, 6.07) is 9.86. The zero-order chi connectivity index (χ0) is 16.1. The third-order valence-electron chi connectivity index (χ3n) is 5.26. The van der Waals surface area contributed by atoms with Crippen LogP contribution in [-0.4, -0.2) is 29.4 Å². The lowest BCUT2D eigenvalue weighted by Crippen LogP contribution is -2.43. The fourth-order valence-electron chi connectivity index (χ4n) is 3.54. The van der Waals surface area contributed by atoms with Crippen molar-refractivity contribution in [3.05, 3.63) is 47.5 Å². The standard InChI is InChI=1S/C19H24BrNO2/c20-14-16-6-8-19(9-7-16)10-12-21(13-11-19)18(22)23-15-17-4-2-1-3-5-17/h1-6H,7-15H2. The molecule has 0 radical (unpaired) electrons. The summed E-state index contributed by atoms with van der Waals surface area (Å²) in [5.41, 5.74) is 2.98. The topological polar surface area (TPSA) is 29.5 Å². The molecule has 1 heterocycles. The second-order valence-corrected chi connectivity index (χ2v) is 7.29. The number of carbonyl (C=O) groups excluding carboxylic acids is 1. The fourth-order valence-corrected chi connectivity index (χ4v) is 4.05. The smallest absolute Gasteiger partial charge is 0.410 e. The van der Waals surface area contributed by atoms with E-state index in [1.165, 1.54) is 24.8 Å². The van der Waals surface area contributed by atoms with Gasteiger partial charge in [-0.3, -0.25) is 0 Å². The van der Waals surface area contributed by atoms with Gasteiger partial charge in [0.05, 0.1) is 0 Å². The van der Waals surface area contributed by atoms with Gasteiger partial charge >= 0.3 is 6.09 Å². The Morgan fingerprint density at radius 2 is 1.91 bits per heavy atom. The van der Waals surface area contributed by atoms with Gasteiger partial charge in [0.25, 0.3) is 0 Å². The highest BCUT2D eigenvalue weighted by atomic mass is 79.9. The number of carbonyl (C=O) groups is 1. The molecule has 0 atom stereocenters. The molecule has 1 amide bonds. The van der Waals surface area contributed by atoms with E-state index in [-0.39, 0.29) is 6.09 Å². The van der Waals surface area contributed by atoms with E-state index in [4.69, 9.17) is 4.74 Å². The lowest BCUT2D eigenvalue weighted by atomic mass is 9.69. The van der Waals surface area contributed by atoms with Crippen molar-refractivity contribution in [1.29, 1.82) is 0 Å². The molecule has 1 aliphatic carbocycles. The first-order valence-corrected chi connectivity index (χ1v) is 9.52. The van der Waals surface area contributed by atoms with Crippen molar-refractivity contribution < 1.29 is 9.53 Å². The van der Waals surface area contributed by atoms with E-state index in [0.717, 1.165) is 36.8 Å². The maximum atomic E-state index is 12.2. The fraction of sp³-hybridized carbons (Fsp3) is 0.526. The number of rotatable bonds is 3. The van der Waals surface area contributed by atoms with E-state index in [9.17, 15) is 4.79 Å². The van der Waals surface area contributed by atoms with Gasteiger partial charge in [-0.2, -0.15) is 0 Å². The molecule has 2 aliphatic rings. The van der Waals surface area contributed by atoms with Crippen LogP contribution in [0.25, 0.3) is 0 Å². The van der Waals surface area contributed by atoms with Gasteiger partial charge in [0, 0.05) is 18.4 Å². The molecule has 23 heavy (non-hydrogen) atoms. The third-order valence-corrected chi connectivity index (χ3v) is 5.98. The van der Waals surface area contributed by atoms with Crippen LogP contribution in [0.4, 0.5) is 4.79 Å². The number of hydrogen-bond donors (Lipinski definition) is 0. The molecule has 3 nitrogen and oxygen atoms in total. The Kier molecular flexibility index (Phi) is 5.42. The number of likely N-dealkylation sites (tertiary alicyclic amines) is 1. The number of hydrogen-bond acceptors (Lipinski definition) is 2. The molecule has 124 valence electrons. The average Bonchev–Trinajstić information content (AvgIpc) is 2.62. The molecule has 0 unspecified atom stereocenters. The Hall–Kier alpha value is -1.29. The molecule has 1 aromatic carbocycles. The molecule has 1 spiro atoms. The highest BCUT2D eigenvalue weighted by molar-refractivity contribution is 9.09. The molecular formula is C19H24BrNO2. The molecule has 1 fully saturated rings. The Labute approximate surface area is 146 Å². The molecule has 0 N–H and O–H groups in total. The van der Waals surface area contributed by atoms with E-state index in [1.807, 2.05) is 35.2 Å². The van der Waals surface area contributed by atoms with Crippen molar-refractivity contribution in [2.24, 2.45) is 5.41 Å². The summed E-state index contributed by atoms with van der Waals surface area (Å²) in [6.45, 7) is 2.01. The highest BCUT2D eigenvalue weighted by Crippen LogP contribution is 2.44. The molecule has 0 bridgehead atoms. The van der Waals surface area contributed by atoms with Crippen LogP contribution in [0.5, 0.6) is 0 Å². The van der Waals surface area contributed by atoms with Crippen LogP contribution in [0.3, 0.4) is 0 Å². The van der Waals surface area contributed by atoms with Gasteiger partial charge in [-0.1, -0.05) is 57.9 Å². The Morgan fingerprint density at radius 1 is 1.17 bits per heavy atom. The molecule has 4 heteroatoms. The third kappa shape index (κ3) is 4.17. The molecule has 1 aliphatic heterocycles. The average molecular weight is 378 g/mol. The van der Waals surface area contributed by atoms with Gasteiger partial charge in [0.1, 0.15) is 6.61 Å². The SMILES string of the molecule is O=C(OCc1ccccc1)N1CCC2(CC=C(CBr)CC2)CC1. The number of piperidine rings is 1. The molecule has 3 rings (SSSR count). The van der Waals surface area contributed by atoms with Crippen molar-refractivity contribution >= 4 is 22.0 Å². The Balaban J connectivity index is 1.47. The number of ether oxygens (including phenoxy) is 1. The predicted octanol–water partition coefficient (Wildman–Crippen LogP) is 4.91. The van der Waals surface area contributed by atoms with Gasteiger partial charge in [-0.05, 0) is 43.1 Å². The predicted molar refractivity (Wildman–Crippen MR) is 95.6 cm³/mol. The van der Waals surface area contributed by atoms with E-state index < -0.39 is 0 Å². The summed E-state index contributed by atoms with van der Waals surface area (Å²) in [7, 11) is 0. The van der Waals surface area contributed by atoms with Crippen LogP contribution in [0.1, 0.15) is 37.7 Å². The zero-order valence-corrected chi connectivity index (χ0v) is 15.1. The van der Waals surface area contributed by atoms with E-state index in [2.05, 4.69) is 22.0 Å². The largest absolute Gasteiger partial charge is 0.445 e. The first-order chi connectivity index (χ1) is 11.2. The number of alkyl halides is 1. The summed E-state index contributed by atoms with van der Waals surface area (Å²) in [5, 5.41) is 1.00. The van der Waals surface area contributed by atoms with E-state index >= 15 is 0 Å². The minimum absolute atomic E-state index is 0.170. The lowest BCUT2D eigenvalue weighted by molar-refractivity contribution is 0.0572. The molecule has 0 aromatic heterocycles. The van der Waals surface area contributed by atoms with Crippen LogP contribution in [-0.2, 0) is 11.3 Å². The maximum absolute atomic E-state index is 12.2. The first kappa shape index (κ1) is 16.6.